The highest BCUT2D eigenvalue weighted by Gasteiger charge is 2.12. The van der Waals surface area contributed by atoms with E-state index in [2.05, 4.69) is 22.3 Å². The lowest BCUT2D eigenvalue weighted by molar-refractivity contribution is 0.356. The van der Waals surface area contributed by atoms with Gasteiger partial charge in [0.05, 0.1) is 36.8 Å². The van der Waals surface area contributed by atoms with Gasteiger partial charge in [-0.05, 0) is 32.9 Å². The van der Waals surface area contributed by atoms with Crippen molar-refractivity contribution in [2.45, 2.75) is 33.9 Å². The van der Waals surface area contributed by atoms with Gasteiger partial charge >= 0.3 is 0 Å². The van der Waals surface area contributed by atoms with Crippen molar-refractivity contribution in [3.05, 3.63) is 45.5 Å². The fourth-order valence-electron chi connectivity index (χ4n) is 3.15. The molecule has 26 heavy (non-hydrogen) atoms. The molecule has 0 bridgehead atoms. The molecule has 0 atom stereocenters. The number of aromatic nitrogens is 3. The number of aromatic amines is 1. The van der Waals surface area contributed by atoms with E-state index in [0.717, 1.165) is 29.0 Å². The lowest BCUT2D eigenvalue weighted by atomic mass is 10.1. The molecule has 0 saturated carbocycles. The third-order valence-corrected chi connectivity index (χ3v) is 4.56. The molecule has 0 aliphatic heterocycles. The summed E-state index contributed by atoms with van der Waals surface area (Å²) in [5.74, 6) is 1.21. The largest absolute Gasteiger partial charge is 0.493 e. The zero-order valence-corrected chi connectivity index (χ0v) is 15.8. The molecule has 3 rings (SSSR count). The van der Waals surface area contributed by atoms with Crippen molar-refractivity contribution in [1.29, 1.82) is 0 Å². The molecule has 0 saturated heterocycles. The van der Waals surface area contributed by atoms with Crippen LogP contribution in [0, 0.1) is 13.8 Å². The van der Waals surface area contributed by atoms with Crippen molar-refractivity contribution < 1.29 is 9.47 Å². The van der Waals surface area contributed by atoms with Gasteiger partial charge in [-0.3, -0.25) is 9.48 Å². The lowest BCUT2D eigenvalue weighted by Crippen LogP contribution is -2.16. The molecule has 0 radical (unpaired) electrons. The third-order valence-electron chi connectivity index (χ3n) is 4.56. The second-order valence-corrected chi connectivity index (χ2v) is 6.13. The summed E-state index contributed by atoms with van der Waals surface area (Å²) in [5.41, 5.74) is 4.19. The van der Waals surface area contributed by atoms with Crippen LogP contribution in [0.25, 0.3) is 10.9 Å². The molecule has 138 valence electrons. The molecular formula is C19H24N4O3. The van der Waals surface area contributed by atoms with Crippen LogP contribution >= 0.6 is 0 Å². The van der Waals surface area contributed by atoms with E-state index in [-0.39, 0.29) is 5.56 Å². The highest BCUT2D eigenvalue weighted by atomic mass is 16.5. The zero-order chi connectivity index (χ0) is 18.8. The number of hydrogen-bond donors (Lipinski definition) is 2. The molecular weight excluding hydrogens is 332 g/mol. The number of ether oxygens (including phenoxy) is 2. The van der Waals surface area contributed by atoms with Crippen LogP contribution in [-0.2, 0) is 13.1 Å². The van der Waals surface area contributed by atoms with Gasteiger partial charge in [0.1, 0.15) is 0 Å². The molecule has 0 aliphatic rings. The average molecular weight is 356 g/mol. The third kappa shape index (κ3) is 3.12. The van der Waals surface area contributed by atoms with Crippen molar-refractivity contribution in [2.24, 2.45) is 0 Å². The Morgan fingerprint density at radius 1 is 1.15 bits per heavy atom. The van der Waals surface area contributed by atoms with Crippen LogP contribution in [0.15, 0.2) is 23.0 Å². The maximum Gasteiger partial charge on any atom is 0.253 e. The molecule has 7 heteroatoms. The molecule has 3 aromatic rings. The fraction of sp³-hybridized carbons (Fsp3) is 0.368. The van der Waals surface area contributed by atoms with Crippen molar-refractivity contribution in [2.75, 3.05) is 19.5 Å². The molecule has 0 aliphatic carbocycles. The first-order valence-corrected chi connectivity index (χ1v) is 8.54. The second kappa shape index (κ2) is 7.11. The van der Waals surface area contributed by atoms with Crippen molar-refractivity contribution in [1.82, 2.24) is 14.8 Å². The van der Waals surface area contributed by atoms with Crippen LogP contribution in [0.2, 0.25) is 0 Å². The number of aryl methyl sites for hydroxylation is 2. The average Bonchev–Trinajstić information content (AvgIpc) is 2.92. The first-order chi connectivity index (χ1) is 12.5. The Balaban J connectivity index is 1.94. The minimum absolute atomic E-state index is 0.129. The first-order valence-electron chi connectivity index (χ1n) is 8.54. The van der Waals surface area contributed by atoms with Crippen molar-refractivity contribution >= 4 is 16.6 Å². The Bertz CT molecular complexity index is 1000. The monoisotopic (exact) mass is 356 g/mol. The van der Waals surface area contributed by atoms with Gasteiger partial charge in [-0.1, -0.05) is 0 Å². The summed E-state index contributed by atoms with van der Waals surface area (Å²) in [5, 5.41) is 8.73. The number of nitrogens with one attached hydrogen (secondary N) is 2. The van der Waals surface area contributed by atoms with E-state index in [4.69, 9.17) is 9.47 Å². The summed E-state index contributed by atoms with van der Waals surface area (Å²) < 4.78 is 12.6. The van der Waals surface area contributed by atoms with Crippen LogP contribution in [0.4, 0.5) is 5.69 Å². The van der Waals surface area contributed by atoms with Crippen molar-refractivity contribution in [3.63, 3.8) is 0 Å². The number of hydrogen-bond acceptors (Lipinski definition) is 5. The molecule has 2 N–H and O–H groups in total. The van der Waals surface area contributed by atoms with Crippen LogP contribution in [0.5, 0.6) is 11.5 Å². The Morgan fingerprint density at radius 3 is 2.46 bits per heavy atom. The molecule has 2 aromatic heterocycles. The van der Waals surface area contributed by atoms with E-state index >= 15 is 0 Å². The summed E-state index contributed by atoms with van der Waals surface area (Å²) >= 11 is 0. The molecule has 7 nitrogen and oxygen atoms in total. The minimum atomic E-state index is -0.129. The summed E-state index contributed by atoms with van der Waals surface area (Å²) in [6.07, 6.45) is 0. The predicted molar refractivity (Wildman–Crippen MR) is 102 cm³/mol. The zero-order valence-electron chi connectivity index (χ0n) is 15.8. The summed E-state index contributed by atoms with van der Waals surface area (Å²) in [4.78, 5) is 15.4. The Labute approximate surface area is 151 Å². The summed E-state index contributed by atoms with van der Waals surface area (Å²) in [6, 6.07) is 5.50. The lowest BCUT2D eigenvalue weighted by Gasteiger charge is -2.11. The predicted octanol–water partition coefficient (Wildman–Crippen LogP) is 2.99. The molecule has 1 aromatic carbocycles. The van der Waals surface area contributed by atoms with Gasteiger partial charge in [-0.25, -0.2) is 0 Å². The van der Waals surface area contributed by atoms with E-state index in [1.165, 1.54) is 0 Å². The van der Waals surface area contributed by atoms with Crippen molar-refractivity contribution in [3.8, 4) is 11.5 Å². The van der Waals surface area contributed by atoms with Crippen LogP contribution in [0.3, 0.4) is 0 Å². The van der Waals surface area contributed by atoms with Gasteiger partial charge in [-0.15, -0.1) is 0 Å². The van der Waals surface area contributed by atoms with E-state index in [1.807, 2.05) is 30.7 Å². The van der Waals surface area contributed by atoms with E-state index in [9.17, 15) is 4.79 Å². The standard InChI is InChI=1S/C19H24N4O3/c1-6-23-12(3)18(11(2)22-23)20-10-14-7-13-8-16(25-4)17(26-5)9-15(13)21-19(14)24/h7-9,20H,6,10H2,1-5H3,(H,21,24). The first kappa shape index (κ1) is 17.8. The van der Waals surface area contributed by atoms with Crippen LogP contribution < -0.4 is 20.3 Å². The minimum Gasteiger partial charge on any atom is -0.493 e. The summed E-state index contributed by atoms with van der Waals surface area (Å²) in [6.45, 7) is 7.26. The number of anilines is 1. The molecule has 0 amide bonds. The highest BCUT2D eigenvalue weighted by molar-refractivity contribution is 5.83. The molecule has 0 fully saturated rings. The van der Waals surface area contributed by atoms with Gasteiger partial charge < -0.3 is 19.8 Å². The highest BCUT2D eigenvalue weighted by Crippen LogP contribution is 2.31. The summed E-state index contributed by atoms with van der Waals surface area (Å²) in [7, 11) is 3.16. The smallest absolute Gasteiger partial charge is 0.253 e. The quantitative estimate of drug-likeness (QED) is 0.710. The number of rotatable bonds is 6. The van der Waals surface area contributed by atoms with Gasteiger partial charge in [0.2, 0.25) is 0 Å². The van der Waals surface area contributed by atoms with Gasteiger partial charge in [0.15, 0.2) is 11.5 Å². The number of benzene rings is 1. The number of pyridine rings is 1. The number of methoxy groups -OCH3 is 2. The Morgan fingerprint density at radius 2 is 1.85 bits per heavy atom. The van der Waals surface area contributed by atoms with Gasteiger partial charge in [0, 0.05) is 30.1 Å². The topological polar surface area (TPSA) is 81.2 Å². The normalized spacial score (nSPS) is 11.0. The number of nitrogens with zero attached hydrogens (tertiary/aromatic N) is 2. The Kier molecular flexibility index (Phi) is 4.88. The van der Waals surface area contributed by atoms with E-state index < -0.39 is 0 Å². The van der Waals surface area contributed by atoms with Gasteiger partial charge in [0.25, 0.3) is 5.56 Å². The second-order valence-electron chi connectivity index (χ2n) is 6.13. The number of fused-ring (bicyclic) bond motifs is 1. The maximum absolute atomic E-state index is 12.5. The molecule has 0 unspecified atom stereocenters. The molecule has 2 heterocycles. The van der Waals surface area contributed by atoms with Crippen LogP contribution in [0.1, 0.15) is 23.9 Å². The Hall–Kier alpha value is -2.96. The maximum atomic E-state index is 12.5. The van der Waals surface area contributed by atoms with E-state index in [0.29, 0.717) is 29.1 Å². The van der Waals surface area contributed by atoms with Crippen LogP contribution in [-0.4, -0.2) is 29.0 Å². The fourth-order valence-corrected chi connectivity index (χ4v) is 3.15. The number of H-pyrrole nitrogens is 1. The van der Waals surface area contributed by atoms with Gasteiger partial charge in [-0.2, -0.15) is 5.10 Å². The SMILES string of the molecule is CCn1nc(C)c(NCc2cc3cc(OC)c(OC)cc3[nH]c2=O)c1C. The molecule has 0 spiro atoms. The van der Waals surface area contributed by atoms with E-state index in [1.54, 1.807) is 20.3 Å².